The minimum absolute atomic E-state index is 0.213. The highest BCUT2D eigenvalue weighted by molar-refractivity contribution is 7.80. The van der Waals surface area contributed by atoms with Crippen molar-refractivity contribution < 1.29 is 19.3 Å². The molecule has 3 aromatic rings. The number of thiocarbonyl (C=S) groups is 1. The summed E-state index contributed by atoms with van der Waals surface area (Å²) in [6.45, 7) is 4.44. The predicted molar refractivity (Wildman–Crippen MR) is 130 cm³/mol. The molecule has 4 rings (SSSR count). The van der Waals surface area contributed by atoms with Gasteiger partial charge in [-0.15, -0.1) is 0 Å². The van der Waals surface area contributed by atoms with Crippen molar-refractivity contribution in [1.29, 1.82) is 0 Å². The van der Waals surface area contributed by atoms with E-state index >= 15 is 0 Å². The Morgan fingerprint density at radius 3 is 2.70 bits per heavy atom. The summed E-state index contributed by atoms with van der Waals surface area (Å²) in [5.74, 6) is 0.348. The van der Waals surface area contributed by atoms with Crippen molar-refractivity contribution in [3.8, 4) is 11.5 Å². The molecule has 1 amide bonds. The maximum Gasteiger partial charge on any atom is 0.236 e. The molecule has 1 fully saturated rings. The average molecular weight is 462 g/mol. The van der Waals surface area contributed by atoms with Crippen molar-refractivity contribution in [2.75, 3.05) is 12.4 Å². The number of pyridine rings is 1. The van der Waals surface area contributed by atoms with Crippen LogP contribution in [-0.4, -0.2) is 18.1 Å². The molecule has 2 aromatic carbocycles. The number of amides is 1. The molecule has 1 aliphatic heterocycles. The molecule has 33 heavy (non-hydrogen) atoms. The number of carbonyl (C=O) groups is 1. The molecule has 1 aromatic heterocycles. The maximum atomic E-state index is 13.2. The summed E-state index contributed by atoms with van der Waals surface area (Å²) in [6.07, 6.45) is 3.49. The average Bonchev–Trinajstić information content (AvgIpc) is 2.83. The van der Waals surface area contributed by atoms with Gasteiger partial charge in [-0.3, -0.25) is 4.79 Å². The van der Waals surface area contributed by atoms with Gasteiger partial charge in [0.25, 0.3) is 0 Å². The van der Waals surface area contributed by atoms with Crippen LogP contribution in [0.5, 0.6) is 11.5 Å². The normalized spacial score (nSPS) is 17.5. The highest BCUT2D eigenvalue weighted by Gasteiger charge is 2.37. The summed E-state index contributed by atoms with van der Waals surface area (Å²) >= 11 is 5.35. The number of aromatic amines is 1. The van der Waals surface area contributed by atoms with Crippen LogP contribution in [0.2, 0.25) is 0 Å². The lowest BCUT2D eigenvalue weighted by Crippen LogP contribution is -2.51. The van der Waals surface area contributed by atoms with Crippen LogP contribution in [0.4, 0.5) is 5.69 Å². The van der Waals surface area contributed by atoms with E-state index in [1.54, 1.807) is 19.5 Å². The summed E-state index contributed by atoms with van der Waals surface area (Å²) < 4.78 is 11.6. The minimum Gasteiger partial charge on any atom is -0.493 e. The maximum absolute atomic E-state index is 13.2. The number of hydrogen-bond donors (Lipinski definition) is 3. The van der Waals surface area contributed by atoms with Gasteiger partial charge in [0.05, 0.1) is 13.2 Å². The van der Waals surface area contributed by atoms with Crippen molar-refractivity contribution in [3.63, 3.8) is 0 Å². The second kappa shape index (κ2) is 10.1. The van der Waals surface area contributed by atoms with Crippen LogP contribution in [0.15, 0.2) is 85.3 Å². The number of hydrogen-bond acceptors (Lipinski definition) is 4. The highest BCUT2D eigenvalue weighted by atomic mass is 32.1. The third-order valence-corrected chi connectivity index (χ3v) is 5.53. The van der Waals surface area contributed by atoms with Crippen LogP contribution in [0.1, 0.15) is 17.2 Å². The lowest BCUT2D eigenvalue weighted by atomic mass is 9.88. The summed E-state index contributed by atoms with van der Waals surface area (Å²) in [7, 11) is 1.59. The first-order chi connectivity index (χ1) is 16.0. The van der Waals surface area contributed by atoms with Crippen LogP contribution >= 0.6 is 12.2 Å². The topological polar surface area (TPSA) is 85.8 Å². The van der Waals surface area contributed by atoms with Gasteiger partial charge in [0.15, 0.2) is 29.0 Å². The fourth-order valence-electron chi connectivity index (χ4n) is 3.70. The molecule has 1 saturated heterocycles. The van der Waals surface area contributed by atoms with Gasteiger partial charge in [0.1, 0.15) is 18.2 Å². The highest BCUT2D eigenvalue weighted by Crippen LogP contribution is 2.36. The Balaban J connectivity index is 1.61. The third-order valence-electron chi connectivity index (χ3n) is 5.31. The lowest BCUT2D eigenvalue weighted by Gasteiger charge is -2.35. The second-order valence-electron chi connectivity index (χ2n) is 7.54. The summed E-state index contributed by atoms with van der Waals surface area (Å²) in [4.78, 5) is 16.2. The van der Waals surface area contributed by atoms with Crippen molar-refractivity contribution >= 4 is 28.9 Å². The van der Waals surface area contributed by atoms with Gasteiger partial charge >= 0.3 is 0 Å². The Bertz CT molecular complexity index is 1150. The molecular weight excluding hydrogens is 436 g/mol. The first-order valence-corrected chi connectivity index (χ1v) is 10.8. The van der Waals surface area contributed by atoms with E-state index in [4.69, 9.17) is 21.7 Å². The van der Waals surface area contributed by atoms with Crippen LogP contribution in [-0.2, 0) is 11.4 Å². The summed E-state index contributed by atoms with van der Waals surface area (Å²) in [5.41, 5.74) is 3.03. The molecule has 2 heterocycles. The molecule has 0 spiro atoms. The number of H-pyrrole nitrogens is 1. The monoisotopic (exact) mass is 461 g/mol. The lowest BCUT2D eigenvalue weighted by molar-refractivity contribution is -0.377. The largest absolute Gasteiger partial charge is 0.493 e. The van der Waals surface area contributed by atoms with E-state index in [0.29, 0.717) is 34.6 Å². The third kappa shape index (κ3) is 5.30. The minimum atomic E-state index is -0.618. The van der Waals surface area contributed by atoms with Crippen LogP contribution in [0, 0.1) is 5.92 Å². The molecule has 2 unspecified atom stereocenters. The first-order valence-electron chi connectivity index (χ1n) is 10.4. The standard InChI is InChI=1S/C25H24N4O3S/c1-16-22(24(30)28-19-9-6-12-26-14-19)23(29-25(33)27-16)18-10-11-20(31-2)21(13-18)32-15-17-7-4-3-5-8-17/h3-14,22-23H,1,15H2,2H3,(H,28,30)(H2,27,29,33)/p+1. The van der Waals surface area contributed by atoms with Gasteiger partial charge in [-0.2, -0.15) is 0 Å². The molecule has 0 radical (unpaired) electrons. The SMILES string of the molecule is C=C1NC(=S)NC(c2ccc(OC)c(OCc3ccccc3)c2)C1C(=O)Nc1ccc[nH+]c1. The van der Waals surface area contributed by atoms with Crippen molar-refractivity contribution in [1.82, 2.24) is 10.6 Å². The van der Waals surface area contributed by atoms with Crippen LogP contribution < -0.4 is 30.4 Å². The van der Waals surface area contributed by atoms with Gasteiger partial charge in [0.2, 0.25) is 5.91 Å². The Labute approximate surface area is 197 Å². The first kappa shape index (κ1) is 22.3. The number of benzene rings is 2. The Hall–Kier alpha value is -3.91. The number of carbonyl (C=O) groups excluding carboxylic acids is 1. The molecule has 8 heteroatoms. The quantitative estimate of drug-likeness (QED) is 0.468. The molecule has 168 valence electrons. The number of anilines is 1. The van der Waals surface area contributed by atoms with Crippen LogP contribution in [0.3, 0.4) is 0 Å². The molecule has 2 atom stereocenters. The number of rotatable bonds is 7. The van der Waals surface area contributed by atoms with E-state index < -0.39 is 12.0 Å². The fourth-order valence-corrected chi connectivity index (χ4v) is 3.95. The zero-order valence-electron chi connectivity index (χ0n) is 18.1. The van der Waals surface area contributed by atoms with E-state index in [9.17, 15) is 4.79 Å². The summed E-state index contributed by atoms with van der Waals surface area (Å²) in [5, 5.41) is 9.53. The number of methoxy groups -OCH3 is 1. The van der Waals surface area contributed by atoms with E-state index in [2.05, 4.69) is 27.5 Å². The summed E-state index contributed by atoms with van der Waals surface area (Å²) in [6, 6.07) is 18.6. The fraction of sp³-hybridized carbons (Fsp3) is 0.160. The van der Waals surface area contributed by atoms with Crippen LogP contribution in [0.25, 0.3) is 0 Å². The Morgan fingerprint density at radius 1 is 1.15 bits per heavy atom. The molecule has 7 nitrogen and oxygen atoms in total. The van der Waals surface area contributed by atoms with Crippen molar-refractivity contribution in [2.45, 2.75) is 12.6 Å². The molecular formula is C25H25N4O3S+. The zero-order valence-corrected chi connectivity index (χ0v) is 18.9. The van der Waals surface area contributed by atoms with Gasteiger partial charge in [0, 0.05) is 11.8 Å². The van der Waals surface area contributed by atoms with E-state index in [1.807, 2.05) is 60.7 Å². The smallest absolute Gasteiger partial charge is 0.236 e. The van der Waals surface area contributed by atoms with Gasteiger partial charge in [-0.05, 0) is 41.5 Å². The van der Waals surface area contributed by atoms with Gasteiger partial charge < -0.3 is 25.4 Å². The number of ether oxygens (including phenoxy) is 2. The molecule has 0 bridgehead atoms. The van der Waals surface area contributed by atoms with Gasteiger partial charge in [-0.25, -0.2) is 4.98 Å². The zero-order chi connectivity index (χ0) is 23.2. The molecule has 0 aliphatic carbocycles. The van der Waals surface area contributed by atoms with Gasteiger partial charge in [-0.1, -0.05) is 43.0 Å². The van der Waals surface area contributed by atoms with E-state index in [1.165, 1.54) is 0 Å². The molecule has 1 aliphatic rings. The molecule has 0 saturated carbocycles. The Morgan fingerprint density at radius 2 is 1.97 bits per heavy atom. The van der Waals surface area contributed by atoms with E-state index in [-0.39, 0.29) is 5.91 Å². The van der Waals surface area contributed by atoms with Crippen molar-refractivity contribution in [2.24, 2.45) is 5.92 Å². The number of nitrogens with one attached hydrogen (secondary N) is 4. The van der Waals surface area contributed by atoms with E-state index in [0.717, 1.165) is 11.1 Å². The second-order valence-corrected chi connectivity index (χ2v) is 7.95. The number of aromatic nitrogens is 1. The predicted octanol–water partition coefficient (Wildman–Crippen LogP) is 3.38. The van der Waals surface area contributed by atoms with Crippen molar-refractivity contribution in [3.05, 3.63) is 96.5 Å². The Kier molecular flexibility index (Phi) is 6.85. The molecule has 4 N–H and O–H groups in total.